The van der Waals surface area contributed by atoms with Gasteiger partial charge in [-0.05, 0) is 17.5 Å². The molecule has 0 fully saturated rings. The standard InChI is InChI=1S/C14H18N2O4S/c1-21(20)9-7-15-14(19)16-8-6-10-4-2-3-5-11(10)12(16)13(17)18/h2-5,12H,6-9H2,1H3,(H,15,19)(H,17,18). The van der Waals surface area contributed by atoms with Crippen LogP contribution in [0.25, 0.3) is 0 Å². The van der Waals surface area contributed by atoms with E-state index in [1.54, 1.807) is 18.4 Å². The van der Waals surface area contributed by atoms with E-state index in [-0.39, 0.29) is 6.54 Å². The lowest BCUT2D eigenvalue weighted by Crippen LogP contribution is -2.48. The average Bonchev–Trinajstić information content (AvgIpc) is 2.45. The van der Waals surface area contributed by atoms with Gasteiger partial charge in [0.2, 0.25) is 0 Å². The summed E-state index contributed by atoms with van der Waals surface area (Å²) < 4.78 is 11.0. The van der Waals surface area contributed by atoms with E-state index in [2.05, 4.69) is 5.32 Å². The van der Waals surface area contributed by atoms with E-state index in [9.17, 15) is 18.9 Å². The molecule has 1 heterocycles. The Morgan fingerprint density at radius 3 is 2.81 bits per heavy atom. The number of nitrogens with zero attached hydrogens (tertiary/aromatic N) is 1. The zero-order chi connectivity index (χ0) is 15.4. The van der Waals surface area contributed by atoms with Gasteiger partial charge in [0.05, 0.1) is 0 Å². The molecule has 0 aliphatic carbocycles. The molecule has 7 heteroatoms. The second-order valence-electron chi connectivity index (χ2n) is 4.89. The predicted molar refractivity (Wildman–Crippen MR) is 79.6 cm³/mol. The van der Waals surface area contributed by atoms with Gasteiger partial charge in [-0.2, -0.15) is 0 Å². The van der Waals surface area contributed by atoms with Crippen LogP contribution >= 0.6 is 0 Å². The molecule has 2 amide bonds. The molecule has 0 aromatic heterocycles. The van der Waals surface area contributed by atoms with Crippen LogP contribution in [0.3, 0.4) is 0 Å². The molecule has 2 N–H and O–H groups in total. The van der Waals surface area contributed by atoms with Crippen LogP contribution in [0.5, 0.6) is 0 Å². The fraction of sp³-hybridized carbons (Fsp3) is 0.429. The third kappa shape index (κ3) is 3.60. The number of carbonyl (C=O) groups excluding carboxylic acids is 1. The monoisotopic (exact) mass is 310 g/mol. The first-order valence-corrected chi connectivity index (χ1v) is 8.38. The smallest absolute Gasteiger partial charge is 0.331 e. The Morgan fingerprint density at radius 1 is 1.43 bits per heavy atom. The summed E-state index contributed by atoms with van der Waals surface area (Å²) >= 11 is 0. The molecule has 0 spiro atoms. The molecular weight excluding hydrogens is 292 g/mol. The van der Waals surface area contributed by atoms with Crippen LogP contribution < -0.4 is 5.32 Å². The first kappa shape index (κ1) is 15.5. The summed E-state index contributed by atoms with van der Waals surface area (Å²) in [6, 6.07) is 5.87. The quantitative estimate of drug-likeness (QED) is 0.859. The van der Waals surface area contributed by atoms with Crippen molar-refractivity contribution in [2.75, 3.05) is 25.1 Å². The minimum Gasteiger partial charge on any atom is -0.479 e. The van der Waals surface area contributed by atoms with Crippen molar-refractivity contribution >= 4 is 22.8 Å². The number of nitrogens with one attached hydrogen (secondary N) is 1. The second-order valence-corrected chi connectivity index (χ2v) is 6.45. The van der Waals surface area contributed by atoms with Gasteiger partial charge in [0.25, 0.3) is 0 Å². The lowest BCUT2D eigenvalue weighted by molar-refractivity contribution is -0.142. The Labute approximate surface area is 125 Å². The lowest BCUT2D eigenvalue weighted by atomic mass is 9.93. The molecule has 0 radical (unpaired) electrons. The van der Waals surface area contributed by atoms with Gasteiger partial charge in [-0.1, -0.05) is 24.3 Å². The SMILES string of the molecule is CS(=O)CCNC(=O)N1CCc2ccccc2C1C(=O)O. The Hall–Kier alpha value is -1.89. The first-order chi connectivity index (χ1) is 10.0. The van der Waals surface area contributed by atoms with E-state index >= 15 is 0 Å². The maximum atomic E-state index is 12.2. The highest BCUT2D eigenvalue weighted by atomic mass is 32.2. The van der Waals surface area contributed by atoms with Crippen LogP contribution in [0, 0.1) is 0 Å². The summed E-state index contributed by atoms with van der Waals surface area (Å²) in [6.45, 7) is 0.626. The number of carboxylic acids is 1. The van der Waals surface area contributed by atoms with Gasteiger partial charge in [0.1, 0.15) is 0 Å². The van der Waals surface area contributed by atoms with Crippen molar-refractivity contribution in [3.63, 3.8) is 0 Å². The summed E-state index contributed by atoms with van der Waals surface area (Å²) in [6.07, 6.45) is 2.19. The molecule has 1 aromatic carbocycles. The summed E-state index contributed by atoms with van der Waals surface area (Å²) in [7, 11) is -0.990. The predicted octanol–water partition coefficient (Wildman–Crippen LogP) is 0.758. The van der Waals surface area contributed by atoms with E-state index in [0.29, 0.717) is 24.3 Å². The zero-order valence-electron chi connectivity index (χ0n) is 11.7. The normalized spacial score (nSPS) is 18.7. The number of rotatable bonds is 4. The van der Waals surface area contributed by atoms with Gasteiger partial charge in [-0.15, -0.1) is 0 Å². The molecule has 1 aromatic rings. The largest absolute Gasteiger partial charge is 0.479 e. The summed E-state index contributed by atoms with van der Waals surface area (Å²) in [5.41, 5.74) is 1.62. The van der Waals surface area contributed by atoms with Crippen LogP contribution in [0.4, 0.5) is 4.79 Å². The Kier molecular flexibility index (Phi) is 4.95. The molecule has 21 heavy (non-hydrogen) atoms. The van der Waals surface area contributed by atoms with E-state index < -0.39 is 28.8 Å². The van der Waals surface area contributed by atoms with Crippen molar-refractivity contribution in [3.05, 3.63) is 35.4 Å². The number of hydrogen-bond donors (Lipinski definition) is 2. The van der Waals surface area contributed by atoms with Crippen LogP contribution in [0.15, 0.2) is 24.3 Å². The van der Waals surface area contributed by atoms with Gasteiger partial charge < -0.3 is 15.3 Å². The lowest BCUT2D eigenvalue weighted by Gasteiger charge is -2.34. The first-order valence-electron chi connectivity index (χ1n) is 6.66. The summed E-state index contributed by atoms with van der Waals surface area (Å²) in [4.78, 5) is 25.0. The average molecular weight is 310 g/mol. The third-order valence-electron chi connectivity index (χ3n) is 3.44. The van der Waals surface area contributed by atoms with Crippen molar-refractivity contribution in [2.24, 2.45) is 0 Å². The number of carboxylic acid groups (broad SMARTS) is 1. The molecule has 6 nitrogen and oxygen atoms in total. The van der Waals surface area contributed by atoms with Gasteiger partial charge in [0.15, 0.2) is 6.04 Å². The fourth-order valence-corrected chi connectivity index (χ4v) is 2.84. The van der Waals surface area contributed by atoms with Crippen LogP contribution in [-0.2, 0) is 22.0 Å². The van der Waals surface area contributed by atoms with E-state index in [4.69, 9.17) is 0 Å². The zero-order valence-corrected chi connectivity index (χ0v) is 12.6. The molecule has 0 saturated carbocycles. The van der Waals surface area contributed by atoms with Crippen LogP contribution in [0.1, 0.15) is 17.2 Å². The van der Waals surface area contributed by atoms with E-state index in [1.807, 2.05) is 12.1 Å². The minimum absolute atomic E-state index is 0.270. The Morgan fingerprint density at radius 2 is 2.14 bits per heavy atom. The topological polar surface area (TPSA) is 86.7 Å². The number of fused-ring (bicyclic) bond motifs is 1. The highest BCUT2D eigenvalue weighted by molar-refractivity contribution is 7.84. The number of urea groups is 1. The van der Waals surface area contributed by atoms with Gasteiger partial charge in [-0.3, -0.25) is 4.21 Å². The molecule has 1 aliphatic rings. The van der Waals surface area contributed by atoms with Crippen LogP contribution in [-0.4, -0.2) is 51.3 Å². The van der Waals surface area contributed by atoms with Gasteiger partial charge in [0, 0.05) is 35.9 Å². The fourth-order valence-electron chi connectivity index (χ4n) is 2.45. The number of amides is 2. The van der Waals surface area contributed by atoms with Gasteiger partial charge in [-0.25, -0.2) is 9.59 Å². The highest BCUT2D eigenvalue weighted by Gasteiger charge is 2.35. The molecule has 114 valence electrons. The molecule has 1 aliphatic heterocycles. The van der Waals surface area contributed by atoms with Crippen molar-refractivity contribution in [1.29, 1.82) is 0 Å². The Balaban J connectivity index is 2.14. The van der Waals surface area contributed by atoms with Crippen molar-refractivity contribution in [1.82, 2.24) is 10.2 Å². The molecule has 0 bridgehead atoms. The second kappa shape index (κ2) is 6.71. The molecule has 2 rings (SSSR count). The molecular formula is C14H18N2O4S. The number of carbonyl (C=O) groups is 2. The molecule has 2 unspecified atom stereocenters. The minimum atomic E-state index is -1.05. The highest BCUT2D eigenvalue weighted by Crippen LogP contribution is 2.29. The van der Waals surface area contributed by atoms with Crippen molar-refractivity contribution < 1.29 is 18.9 Å². The third-order valence-corrected chi connectivity index (χ3v) is 4.22. The van der Waals surface area contributed by atoms with E-state index in [1.165, 1.54) is 4.90 Å². The number of aliphatic carboxylic acids is 1. The van der Waals surface area contributed by atoms with E-state index in [0.717, 1.165) is 5.56 Å². The molecule has 0 saturated heterocycles. The van der Waals surface area contributed by atoms with Crippen molar-refractivity contribution in [2.45, 2.75) is 12.5 Å². The van der Waals surface area contributed by atoms with Crippen molar-refractivity contribution in [3.8, 4) is 0 Å². The number of benzene rings is 1. The Bertz CT molecular complexity index is 576. The maximum Gasteiger partial charge on any atom is 0.331 e. The van der Waals surface area contributed by atoms with Crippen LogP contribution in [0.2, 0.25) is 0 Å². The molecule has 2 atom stereocenters. The summed E-state index contributed by atoms with van der Waals surface area (Å²) in [5.74, 6) is -0.690. The number of hydrogen-bond acceptors (Lipinski definition) is 3. The summed E-state index contributed by atoms with van der Waals surface area (Å²) in [5, 5.41) is 12.1. The van der Waals surface area contributed by atoms with Gasteiger partial charge >= 0.3 is 12.0 Å². The maximum absolute atomic E-state index is 12.2.